The number of aliphatic hydroxyl groups excluding tert-OH is 1. The quantitative estimate of drug-likeness (QED) is 0.344. The van der Waals surface area contributed by atoms with Gasteiger partial charge in [-0.3, -0.25) is 0 Å². The van der Waals surface area contributed by atoms with Gasteiger partial charge in [0.1, 0.15) is 0 Å². The van der Waals surface area contributed by atoms with E-state index in [2.05, 4.69) is 10.1 Å². The summed E-state index contributed by atoms with van der Waals surface area (Å²) in [5, 5.41) is 21.7. The summed E-state index contributed by atoms with van der Waals surface area (Å²) < 4.78 is 0. The van der Waals surface area contributed by atoms with E-state index in [0.29, 0.717) is 16.5 Å². The molecule has 0 radical (unpaired) electrons. The second kappa shape index (κ2) is 6.81. The number of nitrogens with two attached hydrogens (primary N) is 1. The van der Waals surface area contributed by atoms with Gasteiger partial charge in [-0.1, -0.05) is 16.8 Å². The number of benzene rings is 1. The number of halogens is 1. The van der Waals surface area contributed by atoms with Gasteiger partial charge in [-0.2, -0.15) is 0 Å². The first-order chi connectivity index (χ1) is 9.65. The van der Waals surface area contributed by atoms with Crippen LogP contribution in [0.4, 0.5) is 5.69 Å². The zero-order valence-corrected chi connectivity index (χ0v) is 12.1. The Bertz CT molecular complexity index is 491. The molecule has 0 aliphatic carbocycles. The van der Waals surface area contributed by atoms with Gasteiger partial charge >= 0.3 is 0 Å². The van der Waals surface area contributed by atoms with E-state index >= 15 is 0 Å². The Morgan fingerprint density at radius 2 is 2.30 bits per heavy atom. The lowest BCUT2D eigenvalue weighted by Gasteiger charge is -2.35. The summed E-state index contributed by atoms with van der Waals surface area (Å²) in [7, 11) is 0. The summed E-state index contributed by atoms with van der Waals surface area (Å²) in [6.07, 6.45) is 2.99. The Morgan fingerprint density at radius 1 is 1.50 bits per heavy atom. The van der Waals surface area contributed by atoms with Crippen LogP contribution in [0.2, 0.25) is 5.02 Å². The highest BCUT2D eigenvalue weighted by molar-refractivity contribution is 6.31. The summed E-state index contributed by atoms with van der Waals surface area (Å²) in [6, 6.07) is 5.34. The fourth-order valence-electron chi connectivity index (χ4n) is 2.74. The topological polar surface area (TPSA) is 82.1 Å². The molecule has 1 aromatic rings. The van der Waals surface area contributed by atoms with Crippen LogP contribution in [0.1, 0.15) is 24.8 Å². The summed E-state index contributed by atoms with van der Waals surface area (Å²) in [5.41, 5.74) is 7.30. The van der Waals surface area contributed by atoms with Crippen molar-refractivity contribution in [3.8, 4) is 0 Å². The molecule has 1 heterocycles. The minimum atomic E-state index is 0.0842. The van der Waals surface area contributed by atoms with Gasteiger partial charge in [0, 0.05) is 36.0 Å². The number of aliphatic hydroxyl groups is 1. The van der Waals surface area contributed by atoms with E-state index in [1.165, 1.54) is 0 Å². The van der Waals surface area contributed by atoms with Crippen molar-refractivity contribution in [3.63, 3.8) is 0 Å². The van der Waals surface area contributed by atoms with E-state index in [1.54, 1.807) is 12.1 Å². The largest absolute Gasteiger partial charge is 0.409 e. The predicted octanol–water partition coefficient (Wildman–Crippen LogP) is 2.03. The zero-order valence-electron chi connectivity index (χ0n) is 11.3. The number of piperidine rings is 1. The maximum atomic E-state index is 9.09. The summed E-state index contributed by atoms with van der Waals surface area (Å²) in [4.78, 5) is 2.20. The van der Waals surface area contributed by atoms with Crippen molar-refractivity contribution >= 4 is 23.1 Å². The molecule has 0 saturated carbocycles. The summed E-state index contributed by atoms with van der Waals surface area (Å²) >= 11 is 6.07. The minimum Gasteiger partial charge on any atom is -0.409 e. The molecule has 0 bridgehead atoms. The van der Waals surface area contributed by atoms with E-state index in [9.17, 15) is 0 Å². The van der Waals surface area contributed by atoms with Crippen LogP contribution in [-0.4, -0.2) is 35.8 Å². The number of rotatable bonds is 4. The third-order valence-corrected chi connectivity index (χ3v) is 3.98. The van der Waals surface area contributed by atoms with Crippen molar-refractivity contribution < 1.29 is 10.3 Å². The molecule has 1 fully saturated rings. The Morgan fingerprint density at radius 3 is 3.00 bits per heavy atom. The Kier molecular flexibility index (Phi) is 5.09. The lowest BCUT2D eigenvalue weighted by Crippen LogP contribution is -2.37. The molecule has 2 rings (SSSR count). The normalized spacial score (nSPS) is 20.2. The first-order valence-electron chi connectivity index (χ1n) is 6.79. The SMILES string of the molecule is N/C(=N/O)c1ccc(Cl)cc1N1CCCC(CCO)C1. The molecule has 1 aliphatic heterocycles. The third-order valence-electron chi connectivity index (χ3n) is 3.74. The lowest BCUT2D eigenvalue weighted by molar-refractivity contribution is 0.244. The van der Waals surface area contributed by atoms with Crippen LogP contribution in [-0.2, 0) is 0 Å². The van der Waals surface area contributed by atoms with Gasteiger partial charge in [-0.25, -0.2) is 0 Å². The van der Waals surface area contributed by atoms with E-state index in [-0.39, 0.29) is 12.4 Å². The average molecular weight is 298 g/mol. The molecule has 1 saturated heterocycles. The van der Waals surface area contributed by atoms with E-state index < -0.39 is 0 Å². The molecule has 6 heteroatoms. The van der Waals surface area contributed by atoms with Gasteiger partial charge < -0.3 is 20.9 Å². The molecule has 20 heavy (non-hydrogen) atoms. The lowest BCUT2D eigenvalue weighted by atomic mass is 9.94. The van der Waals surface area contributed by atoms with Gasteiger partial charge in [0.2, 0.25) is 0 Å². The second-order valence-electron chi connectivity index (χ2n) is 5.11. The van der Waals surface area contributed by atoms with Crippen molar-refractivity contribution in [1.29, 1.82) is 0 Å². The summed E-state index contributed by atoms with van der Waals surface area (Å²) in [6.45, 7) is 1.97. The molecule has 1 aromatic carbocycles. The Hall–Kier alpha value is -1.46. The van der Waals surface area contributed by atoms with Crippen LogP contribution < -0.4 is 10.6 Å². The van der Waals surface area contributed by atoms with Gasteiger partial charge in [0.25, 0.3) is 0 Å². The Balaban J connectivity index is 2.28. The highest BCUT2D eigenvalue weighted by Gasteiger charge is 2.22. The minimum absolute atomic E-state index is 0.0842. The monoisotopic (exact) mass is 297 g/mol. The number of oxime groups is 1. The number of hydrogen-bond acceptors (Lipinski definition) is 4. The number of amidine groups is 1. The predicted molar refractivity (Wildman–Crippen MR) is 80.6 cm³/mol. The van der Waals surface area contributed by atoms with Crippen LogP contribution in [0.3, 0.4) is 0 Å². The molecule has 1 atom stereocenters. The van der Waals surface area contributed by atoms with Crippen LogP contribution in [0.5, 0.6) is 0 Å². The average Bonchev–Trinajstić information content (AvgIpc) is 2.47. The standard InChI is InChI=1S/C14H20ClN3O2/c15-11-3-4-12(14(16)17-20)13(8-11)18-6-1-2-10(9-18)5-7-19/h3-4,8,10,19-20H,1-2,5-7,9H2,(H2,16,17). The fourth-order valence-corrected chi connectivity index (χ4v) is 2.91. The number of hydrogen-bond donors (Lipinski definition) is 3. The molecule has 0 spiro atoms. The molecular formula is C14H20ClN3O2. The van der Waals surface area contributed by atoms with E-state index in [1.807, 2.05) is 6.07 Å². The van der Waals surface area contributed by atoms with Crippen molar-refractivity contribution in [2.24, 2.45) is 16.8 Å². The molecule has 1 aliphatic rings. The molecular weight excluding hydrogens is 278 g/mol. The zero-order chi connectivity index (χ0) is 14.5. The molecule has 0 amide bonds. The van der Waals surface area contributed by atoms with Crippen molar-refractivity contribution in [1.82, 2.24) is 0 Å². The van der Waals surface area contributed by atoms with Crippen LogP contribution in [0, 0.1) is 5.92 Å². The van der Waals surface area contributed by atoms with Crippen LogP contribution >= 0.6 is 11.6 Å². The van der Waals surface area contributed by atoms with E-state index in [0.717, 1.165) is 38.0 Å². The Labute approximate surface area is 123 Å². The van der Waals surface area contributed by atoms with Gasteiger partial charge in [-0.15, -0.1) is 0 Å². The van der Waals surface area contributed by atoms with Gasteiger partial charge in [-0.05, 0) is 43.4 Å². The molecule has 110 valence electrons. The maximum absolute atomic E-state index is 9.09. The van der Waals surface area contributed by atoms with Crippen molar-refractivity contribution in [3.05, 3.63) is 28.8 Å². The second-order valence-corrected chi connectivity index (χ2v) is 5.55. The molecule has 0 aromatic heterocycles. The van der Waals surface area contributed by atoms with E-state index in [4.69, 9.17) is 27.6 Å². The van der Waals surface area contributed by atoms with Gasteiger partial charge in [0.05, 0.1) is 0 Å². The van der Waals surface area contributed by atoms with Crippen molar-refractivity contribution in [2.45, 2.75) is 19.3 Å². The third kappa shape index (κ3) is 3.35. The highest BCUT2D eigenvalue weighted by Crippen LogP contribution is 2.30. The van der Waals surface area contributed by atoms with Crippen molar-refractivity contribution in [2.75, 3.05) is 24.6 Å². The summed E-state index contributed by atoms with van der Waals surface area (Å²) in [5.74, 6) is 0.550. The first kappa shape index (κ1) is 14.9. The highest BCUT2D eigenvalue weighted by atomic mass is 35.5. The molecule has 4 N–H and O–H groups in total. The maximum Gasteiger partial charge on any atom is 0.172 e. The smallest absolute Gasteiger partial charge is 0.172 e. The molecule has 5 nitrogen and oxygen atoms in total. The van der Waals surface area contributed by atoms with Gasteiger partial charge in [0.15, 0.2) is 5.84 Å². The molecule has 1 unspecified atom stereocenters. The van der Waals surface area contributed by atoms with Crippen LogP contribution in [0.15, 0.2) is 23.4 Å². The first-order valence-corrected chi connectivity index (χ1v) is 7.16. The number of anilines is 1. The van der Waals surface area contributed by atoms with Crippen LogP contribution in [0.25, 0.3) is 0 Å². The number of nitrogens with zero attached hydrogens (tertiary/aromatic N) is 2. The fraction of sp³-hybridized carbons (Fsp3) is 0.500.